The van der Waals surface area contributed by atoms with Gasteiger partial charge >= 0.3 is 0 Å². The van der Waals surface area contributed by atoms with E-state index in [-0.39, 0.29) is 5.78 Å². The van der Waals surface area contributed by atoms with Crippen molar-refractivity contribution in [2.24, 2.45) is 0 Å². The van der Waals surface area contributed by atoms with E-state index in [1.54, 1.807) is 0 Å². The molecule has 0 spiro atoms. The molecule has 0 aliphatic rings. The Labute approximate surface area is 121 Å². The van der Waals surface area contributed by atoms with Gasteiger partial charge in [0.25, 0.3) is 0 Å². The van der Waals surface area contributed by atoms with Crippen molar-refractivity contribution in [3.63, 3.8) is 0 Å². The average Bonchev–Trinajstić information content (AvgIpc) is 2.94. The van der Waals surface area contributed by atoms with Crippen LogP contribution in [0.4, 0.5) is 0 Å². The van der Waals surface area contributed by atoms with Crippen LogP contribution in [0.15, 0.2) is 60.0 Å². The summed E-state index contributed by atoms with van der Waals surface area (Å²) < 4.78 is 0. The van der Waals surface area contributed by atoms with Gasteiger partial charge in [-0.3, -0.25) is 4.79 Å². The quantitative estimate of drug-likeness (QED) is 0.667. The smallest absolute Gasteiger partial charge is 0.212 e. The Balaban J connectivity index is 1.88. The van der Waals surface area contributed by atoms with Gasteiger partial charge in [-0.1, -0.05) is 54.6 Å². The Morgan fingerprint density at radius 2 is 1.60 bits per heavy atom. The number of nitrogens with zero attached hydrogens (tertiary/aromatic N) is 1. The van der Waals surface area contributed by atoms with Crippen molar-refractivity contribution in [2.45, 2.75) is 6.92 Å². The third-order valence-corrected chi connectivity index (χ3v) is 3.88. The molecular weight excluding hydrogens is 266 g/mol. The number of hydrogen-bond donors (Lipinski definition) is 0. The maximum Gasteiger partial charge on any atom is 0.212 e. The largest absolute Gasteiger partial charge is 0.287 e. The van der Waals surface area contributed by atoms with Crippen molar-refractivity contribution in [2.75, 3.05) is 0 Å². The van der Waals surface area contributed by atoms with Crippen molar-refractivity contribution < 1.29 is 4.79 Å². The zero-order valence-corrected chi connectivity index (χ0v) is 11.9. The minimum absolute atomic E-state index is 0.0195. The SMILES string of the molecule is Cc1nc(C(=O)c2ccc(-c3ccccc3)cc2)cs1. The topological polar surface area (TPSA) is 30.0 Å². The summed E-state index contributed by atoms with van der Waals surface area (Å²) >= 11 is 1.50. The number of carbonyl (C=O) groups is 1. The number of thiazole rings is 1. The number of rotatable bonds is 3. The number of aryl methyl sites for hydroxylation is 1. The van der Waals surface area contributed by atoms with Crippen LogP contribution in [0.3, 0.4) is 0 Å². The van der Waals surface area contributed by atoms with Crippen LogP contribution in [0, 0.1) is 6.92 Å². The molecule has 0 radical (unpaired) electrons. The summed E-state index contributed by atoms with van der Waals surface area (Å²) in [5.41, 5.74) is 3.46. The molecule has 0 bridgehead atoms. The minimum atomic E-state index is -0.0195. The van der Waals surface area contributed by atoms with Gasteiger partial charge in [-0.15, -0.1) is 11.3 Å². The molecule has 3 rings (SSSR count). The lowest BCUT2D eigenvalue weighted by atomic mass is 10.0. The van der Waals surface area contributed by atoms with Crippen LogP contribution in [0.25, 0.3) is 11.1 Å². The fraction of sp³-hybridized carbons (Fsp3) is 0.0588. The maximum absolute atomic E-state index is 12.3. The molecule has 3 heteroatoms. The van der Waals surface area contributed by atoms with E-state index in [1.165, 1.54) is 11.3 Å². The van der Waals surface area contributed by atoms with Gasteiger partial charge < -0.3 is 0 Å². The lowest BCUT2D eigenvalue weighted by Gasteiger charge is -2.03. The number of ketones is 1. The van der Waals surface area contributed by atoms with E-state index >= 15 is 0 Å². The van der Waals surface area contributed by atoms with E-state index in [4.69, 9.17) is 0 Å². The summed E-state index contributed by atoms with van der Waals surface area (Å²) in [5.74, 6) is -0.0195. The van der Waals surface area contributed by atoms with Gasteiger partial charge in [0.2, 0.25) is 5.78 Å². The van der Waals surface area contributed by atoms with Gasteiger partial charge in [-0.05, 0) is 18.1 Å². The van der Waals surface area contributed by atoms with Crippen LogP contribution in [0.1, 0.15) is 21.1 Å². The first kappa shape index (κ1) is 12.8. The molecule has 0 N–H and O–H groups in total. The summed E-state index contributed by atoms with van der Waals surface area (Å²) in [5, 5.41) is 2.72. The zero-order valence-electron chi connectivity index (χ0n) is 11.0. The fourth-order valence-electron chi connectivity index (χ4n) is 2.06. The molecule has 0 fully saturated rings. The van der Waals surface area contributed by atoms with Crippen molar-refractivity contribution in [1.29, 1.82) is 0 Å². The third-order valence-electron chi connectivity index (χ3n) is 3.11. The third kappa shape index (κ3) is 2.53. The molecule has 0 atom stereocenters. The highest BCUT2D eigenvalue weighted by Crippen LogP contribution is 2.20. The van der Waals surface area contributed by atoms with Gasteiger partial charge in [0.1, 0.15) is 5.69 Å². The molecule has 0 unspecified atom stereocenters. The standard InChI is InChI=1S/C17H13NOS/c1-12-18-16(11-20-12)17(19)15-9-7-14(8-10-15)13-5-3-2-4-6-13/h2-11H,1H3. The Morgan fingerprint density at radius 3 is 2.20 bits per heavy atom. The van der Waals surface area contributed by atoms with Gasteiger partial charge in [0, 0.05) is 10.9 Å². The highest BCUT2D eigenvalue weighted by atomic mass is 32.1. The molecule has 0 saturated carbocycles. The summed E-state index contributed by atoms with van der Waals surface area (Å²) in [6.07, 6.45) is 0. The van der Waals surface area contributed by atoms with Gasteiger partial charge in [-0.2, -0.15) is 0 Å². The second-order valence-electron chi connectivity index (χ2n) is 4.52. The molecule has 0 amide bonds. The number of benzene rings is 2. The summed E-state index contributed by atoms with van der Waals surface area (Å²) in [6, 6.07) is 17.8. The Morgan fingerprint density at radius 1 is 0.950 bits per heavy atom. The first-order chi connectivity index (χ1) is 9.74. The van der Waals surface area contributed by atoms with Crippen LogP contribution < -0.4 is 0 Å². The molecule has 98 valence electrons. The van der Waals surface area contributed by atoms with Gasteiger partial charge in [0.05, 0.1) is 5.01 Å². The van der Waals surface area contributed by atoms with Crippen molar-refractivity contribution in [3.8, 4) is 11.1 Å². The lowest BCUT2D eigenvalue weighted by molar-refractivity contribution is 0.103. The molecule has 3 aromatic rings. The molecule has 20 heavy (non-hydrogen) atoms. The van der Waals surface area contributed by atoms with E-state index in [1.807, 2.05) is 54.8 Å². The van der Waals surface area contributed by atoms with Crippen LogP contribution >= 0.6 is 11.3 Å². The van der Waals surface area contributed by atoms with E-state index < -0.39 is 0 Å². The number of hydrogen-bond acceptors (Lipinski definition) is 3. The van der Waals surface area contributed by atoms with Crippen molar-refractivity contribution in [3.05, 3.63) is 76.2 Å². The Hall–Kier alpha value is -2.26. The van der Waals surface area contributed by atoms with E-state index in [0.29, 0.717) is 11.3 Å². The molecule has 1 heterocycles. The summed E-state index contributed by atoms with van der Waals surface area (Å²) in [6.45, 7) is 1.90. The number of aromatic nitrogens is 1. The second kappa shape index (κ2) is 5.39. The highest BCUT2D eigenvalue weighted by Gasteiger charge is 2.12. The van der Waals surface area contributed by atoms with Gasteiger partial charge in [0.15, 0.2) is 0 Å². The summed E-state index contributed by atoms with van der Waals surface area (Å²) in [4.78, 5) is 16.5. The van der Waals surface area contributed by atoms with Gasteiger partial charge in [-0.25, -0.2) is 4.98 Å². The molecular formula is C17H13NOS. The molecule has 0 aliphatic carbocycles. The molecule has 2 nitrogen and oxygen atoms in total. The first-order valence-electron chi connectivity index (χ1n) is 6.36. The lowest BCUT2D eigenvalue weighted by Crippen LogP contribution is -2.01. The average molecular weight is 279 g/mol. The monoisotopic (exact) mass is 279 g/mol. The Kier molecular flexibility index (Phi) is 3.44. The fourth-order valence-corrected chi connectivity index (χ4v) is 2.65. The van der Waals surface area contributed by atoms with Crippen molar-refractivity contribution in [1.82, 2.24) is 4.98 Å². The van der Waals surface area contributed by atoms with Crippen LogP contribution in [-0.4, -0.2) is 10.8 Å². The van der Waals surface area contributed by atoms with Crippen LogP contribution in [0.2, 0.25) is 0 Å². The Bertz CT molecular complexity index is 729. The molecule has 2 aromatic carbocycles. The van der Waals surface area contributed by atoms with E-state index in [9.17, 15) is 4.79 Å². The van der Waals surface area contributed by atoms with Crippen LogP contribution in [-0.2, 0) is 0 Å². The first-order valence-corrected chi connectivity index (χ1v) is 7.24. The normalized spacial score (nSPS) is 10.4. The highest BCUT2D eigenvalue weighted by molar-refractivity contribution is 7.09. The minimum Gasteiger partial charge on any atom is -0.287 e. The van der Waals surface area contributed by atoms with E-state index in [0.717, 1.165) is 16.1 Å². The van der Waals surface area contributed by atoms with E-state index in [2.05, 4.69) is 17.1 Å². The maximum atomic E-state index is 12.3. The second-order valence-corrected chi connectivity index (χ2v) is 5.59. The van der Waals surface area contributed by atoms with Crippen molar-refractivity contribution >= 4 is 17.1 Å². The predicted octanol–water partition coefficient (Wildman–Crippen LogP) is 4.35. The molecule has 0 saturated heterocycles. The summed E-state index contributed by atoms with van der Waals surface area (Å²) in [7, 11) is 0. The molecule has 0 aliphatic heterocycles. The zero-order chi connectivity index (χ0) is 13.9. The van der Waals surface area contributed by atoms with Crippen LogP contribution in [0.5, 0.6) is 0 Å². The predicted molar refractivity (Wildman–Crippen MR) is 82.2 cm³/mol. The molecule has 1 aromatic heterocycles. The number of carbonyl (C=O) groups excluding carboxylic acids is 1.